The maximum Gasteiger partial charge on any atom is 0.490 e. The third-order valence-electron chi connectivity index (χ3n) is 5.62. The van der Waals surface area contributed by atoms with Crippen molar-refractivity contribution >= 4 is 11.9 Å². The van der Waals surface area contributed by atoms with E-state index >= 15 is 0 Å². The highest BCUT2D eigenvalue weighted by molar-refractivity contribution is 5.82. The molecule has 1 aromatic rings. The number of carbonyl (C=O) groups excluding carboxylic acids is 2. The van der Waals surface area contributed by atoms with Crippen LogP contribution in [0.2, 0.25) is 0 Å². The van der Waals surface area contributed by atoms with Crippen LogP contribution in [0.25, 0.3) is 0 Å². The summed E-state index contributed by atoms with van der Waals surface area (Å²) in [6, 6.07) is 0. The smallest absolute Gasteiger partial charge is 0.466 e. The van der Waals surface area contributed by atoms with Crippen molar-refractivity contribution in [3.63, 3.8) is 0 Å². The molecule has 1 fully saturated rings. The lowest BCUT2D eigenvalue weighted by molar-refractivity contribution is -0.208. The Morgan fingerprint density at radius 1 is 1.29 bits per heavy atom. The lowest BCUT2D eigenvalue weighted by atomic mass is 9.88. The predicted octanol–water partition coefficient (Wildman–Crippen LogP) is 2.22. The molecule has 5 atom stereocenters. The van der Waals surface area contributed by atoms with E-state index in [1.54, 1.807) is 0 Å². The summed E-state index contributed by atoms with van der Waals surface area (Å²) < 4.78 is 53.3. The fraction of sp³-hybridized carbons (Fsp3) is 0.684. The first-order chi connectivity index (χ1) is 14.4. The molecule has 0 radical (unpaired) electrons. The van der Waals surface area contributed by atoms with Crippen LogP contribution in [0, 0.1) is 11.8 Å². The van der Waals surface area contributed by atoms with Crippen LogP contribution in [0.3, 0.4) is 0 Å². The van der Waals surface area contributed by atoms with Gasteiger partial charge >= 0.3 is 23.8 Å². The zero-order chi connectivity index (χ0) is 23.5. The number of halogens is 3. The standard InChI is InChI=1S/C19H25F3N2O7/c1-5-9(2)10(3)12-6-7-13(30-12)24-8-11(15(25)23-18(24)28)14(16(26)29-4)31-17(27)19(20,21)22/h8-10,12-14H,5-7H2,1-4H3,(H,23,25,28)/t9?,10?,12?,13-,14?/m1/s1. The van der Waals surface area contributed by atoms with Crippen molar-refractivity contribution in [2.75, 3.05) is 7.11 Å². The predicted molar refractivity (Wildman–Crippen MR) is 100.0 cm³/mol. The van der Waals surface area contributed by atoms with E-state index in [4.69, 9.17) is 4.74 Å². The molecule has 1 saturated heterocycles. The monoisotopic (exact) mass is 450 g/mol. The minimum absolute atomic E-state index is 0.165. The number of alkyl halides is 3. The number of carbonyl (C=O) groups is 2. The van der Waals surface area contributed by atoms with Crippen molar-refractivity contribution in [2.24, 2.45) is 11.8 Å². The number of nitrogens with zero attached hydrogens (tertiary/aromatic N) is 1. The van der Waals surface area contributed by atoms with Gasteiger partial charge in [-0.2, -0.15) is 13.2 Å². The molecule has 2 heterocycles. The number of ether oxygens (including phenoxy) is 3. The molecule has 174 valence electrons. The summed E-state index contributed by atoms with van der Waals surface area (Å²) in [5.74, 6) is -3.55. The number of esters is 2. The van der Waals surface area contributed by atoms with E-state index in [0.717, 1.165) is 24.3 Å². The molecule has 1 aliphatic heterocycles. The molecule has 0 amide bonds. The van der Waals surface area contributed by atoms with Gasteiger partial charge in [0, 0.05) is 6.20 Å². The Morgan fingerprint density at radius 3 is 2.48 bits per heavy atom. The van der Waals surface area contributed by atoms with Crippen molar-refractivity contribution < 1.29 is 37.0 Å². The lowest BCUT2D eigenvalue weighted by Gasteiger charge is -2.25. The average molecular weight is 450 g/mol. The molecule has 0 aromatic carbocycles. The number of nitrogens with one attached hydrogen (secondary N) is 1. The summed E-state index contributed by atoms with van der Waals surface area (Å²) >= 11 is 0. The fourth-order valence-corrected chi connectivity index (χ4v) is 3.40. The molecule has 0 saturated carbocycles. The zero-order valence-electron chi connectivity index (χ0n) is 17.5. The molecule has 1 N–H and O–H groups in total. The van der Waals surface area contributed by atoms with Crippen LogP contribution < -0.4 is 11.2 Å². The Hall–Kier alpha value is -2.63. The van der Waals surface area contributed by atoms with E-state index in [-0.39, 0.29) is 12.0 Å². The first-order valence-corrected chi connectivity index (χ1v) is 9.77. The van der Waals surface area contributed by atoms with Gasteiger partial charge in [-0.1, -0.05) is 27.2 Å². The Labute approximate surface area is 175 Å². The van der Waals surface area contributed by atoms with Crippen LogP contribution in [-0.2, 0) is 23.8 Å². The van der Waals surface area contributed by atoms with Crippen LogP contribution in [0.5, 0.6) is 0 Å². The van der Waals surface area contributed by atoms with Crippen LogP contribution in [0.1, 0.15) is 57.9 Å². The normalized spacial score (nSPS) is 21.9. The van der Waals surface area contributed by atoms with Gasteiger partial charge in [0.15, 0.2) is 0 Å². The van der Waals surface area contributed by atoms with E-state index in [9.17, 15) is 32.3 Å². The molecule has 1 aliphatic rings. The Balaban J connectivity index is 2.39. The van der Waals surface area contributed by atoms with Crippen molar-refractivity contribution in [1.82, 2.24) is 9.55 Å². The number of methoxy groups -OCH3 is 1. The van der Waals surface area contributed by atoms with Crippen molar-refractivity contribution in [3.8, 4) is 0 Å². The van der Waals surface area contributed by atoms with E-state index < -0.39 is 47.3 Å². The maximum atomic E-state index is 12.6. The van der Waals surface area contributed by atoms with Crippen molar-refractivity contribution in [3.05, 3.63) is 32.6 Å². The van der Waals surface area contributed by atoms with Gasteiger partial charge in [-0.25, -0.2) is 14.4 Å². The van der Waals surface area contributed by atoms with Crippen LogP contribution in [-0.4, -0.2) is 40.9 Å². The average Bonchev–Trinajstić information content (AvgIpc) is 3.19. The van der Waals surface area contributed by atoms with Gasteiger partial charge in [0.25, 0.3) is 5.56 Å². The van der Waals surface area contributed by atoms with Crippen LogP contribution >= 0.6 is 0 Å². The quantitative estimate of drug-likeness (QED) is 0.633. The molecular weight excluding hydrogens is 425 g/mol. The summed E-state index contributed by atoms with van der Waals surface area (Å²) in [7, 11) is 0.849. The summed E-state index contributed by atoms with van der Waals surface area (Å²) in [6.45, 7) is 6.13. The summed E-state index contributed by atoms with van der Waals surface area (Å²) in [5.41, 5.74) is -2.75. The highest BCUT2D eigenvalue weighted by atomic mass is 19.4. The van der Waals surface area contributed by atoms with Crippen molar-refractivity contribution in [2.45, 2.75) is 64.6 Å². The van der Waals surface area contributed by atoms with Gasteiger partial charge in [-0.15, -0.1) is 0 Å². The van der Waals surface area contributed by atoms with E-state index in [2.05, 4.69) is 16.4 Å². The van der Waals surface area contributed by atoms with E-state index in [0.29, 0.717) is 18.8 Å². The molecule has 12 heteroatoms. The molecule has 4 unspecified atom stereocenters. The number of H-pyrrole nitrogens is 1. The largest absolute Gasteiger partial charge is 0.490 e. The fourth-order valence-electron chi connectivity index (χ4n) is 3.40. The van der Waals surface area contributed by atoms with E-state index in [1.165, 1.54) is 0 Å². The molecule has 9 nitrogen and oxygen atoms in total. The minimum atomic E-state index is -5.40. The van der Waals surface area contributed by atoms with Gasteiger partial charge < -0.3 is 14.2 Å². The molecule has 31 heavy (non-hydrogen) atoms. The SMILES string of the molecule is CCC(C)C(C)C1CC[C@H](n2cc(C(OC(=O)C(F)(F)F)C(=O)OC)c(=O)[nH]c2=O)O1. The third-order valence-corrected chi connectivity index (χ3v) is 5.62. The molecule has 2 rings (SSSR count). The number of hydrogen-bond donors (Lipinski definition) is 1. The first kappa shape index (κ1) is 24.6. The van der Waals surface area contributed by atoms with Crippen LogP contribution in [0.15, 0.2) is 15.8 Å². The van der Waals surface area contributed by atoms with Crippen molar-refractivity contribution in [1.29, 1.82) is 0 Å². The lowest BCUT2D eigenvalue weighted by Crippen LogP contribution is -2.38. The van der Waals surface area contributed by atoms with Gasteiger partial charge in [-0.05, 0) is 24.7 Å². The van der Waals surface area contributed by atoms with Gasteiger partial charge in [-0.3, -0.25) is 14.3 Å². The second kappa shape index (κ2) is 9.67. The molecule has 1 aromatic heterocycles. The highest BCUT2D eigenvalue weighted by Gasteiger charge is 2.45. The summed E-state index contributed by atoms with van der Waals surface area (Å²) in [5, 5.41) is 0. The highest BCUT2D eigenvalue weighted by Crippen LogP contribution is 2.35. The minimum Gasteiger partial charge on any atom is -0.466 e. The molecular formula is C19H25F3N2O7. The van der Waals surface area contributed by atoms with E-state index in [1.807, 2.05) is 18.8 Å². The molecule has 0 spiro atoms. The van der Waals surface area contributed by atoms with Gasteiger partial charge in [0.1, 0.15) is 6.23 Å². The number of aromatic amines is 1. The number of hydrogen-bond acceptors (Lipinski definition) is 7. The molecule has 0 aliphatic carbocycles. The Morgan fingerprint density at radius 2 is 1.94 bits per heavy atom. The topological polar surface area (TPSA) is 117 Å². The number of aromatic nitrogens is 2. The van der Waals surface area contributed by atoms with Crippen LogP contribution in [0.4, 0.5) is 13.2 Å². The number of rotatable bonds is 7. The second-order valence-corrected chi connectivity index (χ2v) is 7.51. The zero-order valence-corrected chi connectivity index (χ0v) is 17.5. The summed E-state index contributed by atoms with van der Waals surface area (Å²) in [6.07, 6.45) is -5.86. The van der Waals surface area contributed by atoms with Gasteiger partial charge in [0.05, 0.1) is 18.8 Å². The Kier molecular flexibility index (Phi) is 7.68. The molecule has 0 bridgehead atoms. The first-order valence-electron chi connectivity index (χ1n) is 9.77. The maximum absolute atomic E-state index is 12.6. The summed E-state index contributed by atoms with van der Waals surface area (Å²) in [4.78, 5) is 49.6. The Bertz CT molecular complexity index is 924. The second-order valence-electron chi connectivity index (χ2n) is 7.51. The third kappa shape index (κ3) is 5.54. The van der Waals surface area contributed by atoms with Gasteiger partial charge in [0.2, 0.25) is 6.10 Å².